The average Bonchev–Trinajstić information content (AvgIpc) is 2.41. The van der Waals surface area contributed by atoms with Crippen molar-refractivity contribution in [3.8, 4) is 0 Å². The van der Waals surface area contributed by atoms with Crippen LogP contribution in [0.15, 0.2) is 18.2 Å². The number of rotatable bonds is 4. The van der Waals surface area contributed by atoms with E-state index in [1.165, 1.54) is 16.7 Å². The highest BCUT2D eigenvalue weighted by Crippen LogP contribution is 2.42. The van der Waals surface area contributed by atoms with Crippen molar-refractivity contribution in [2.75, 3.05) is 6.61 Å². The van der Waals surface area contributed by atoms with Crippen LogP contribution in [0.4, 0.5) is 0 Å². The van der Waals surface area contributed by atoms with Gasteiger partial charge in [-0.2, -0.15) is 0 Å². The molecular weight excluding hydrogens is 252 g/mol. The number of ether oxygens (including phenoxy) is 1. The molecule has 0 aromatic heterocycles. The zero-order valence-electron chi connectivity index (χ0n) is 12.8. The van der Waals surface area contributed by atoms with Gasteiger partial charge >= 0.3 is 0 Å². The van der Waals surface area contributed by atoms with Gasteiger partial charge in [0.15, 0.2) is 0 Å². The standard InChI is InChI=1S/C17H26O3/c1-10-5-6-14-12(3)17(11(2)13(4)19)20-16(7-8-18)15(14)9-10/h5-6,9,11-13,16-19H,7-8H2,1-4H3/t11-,12+,13+,16+,17-/m1/s1. The molecule has 0 saturated carbocycles. The second-order valence-corrected chi connectivity index (χ2v) is 6.12. The monoisotopic (exact) mass is 278 g/mol. The van der Waals surface area contributed by atoms with Crippen LogP contribution < -0.4 is 0 Å². The number of benzene rings is 1. The van der Waals surface area contributed by atoms with Gasteiger partial charge in [0.25, 0.3) is 0 Å². The van der Waals surface area contributed by atoms with Crippen LogP contribution >= 0.6 is 0 Å². The molecule has 1 aromatic rings. The van der Waals surface area contributed by atoms with Gasteiger partial charge in [-0.1, -0.05) is 37.6 Å². The van der Waals surface area contributed by atoms with Crippen molar-refractivity contribution in [3.63, 3.8) is 0 Å². The van der Waals surface area contributed by atoms with Crippen molar-refractivity contribution in [1.82, 2.24) is 0 Å². The van der Waals surface area contributed by atoms with E-state index in [2.05, 4.69) is 32.0 Å². The molecule has 0 bridgehead atoms. The van der Waals surface area contributed by atoms with E-state index in [0.29, 0.717) is 6.42 Å². The van der Waals surface area contributed by atoms with Gasteiger partial charge in [0, 0.05) is 24.9 Å². The first-order chi connectivity index (χ1) is 9.45. The molecule has 0 unspecified atom stereocenters. The maximum Gasteiger partial charge on any atom is 0.0853 e. The lowest BCUT2D eigenvalue weighted by molar-refractivity contribution is -0.0948. The topological polar surface area (TPSA) is 49.7 Å². The summed E-state index contributed by atoms with van der Waals surface area (Å²) in [5.41, 5.74) is 3.70. The van der Waals surface area contributed by atoms with Crippen LogP contribution in [-0.2, 0) is 4.74 Å². The average molecular weight is 278 g/mol. The molecule has 1 aliphatic rings. The zero-order valence-corrected chi connectivity index (χ0v) is 12.8. The van der Waals surface area contributed by atoms with E-state index in [1.807, 2.05) is 13.8 Å². The summed E-state index contributed by atoms with van der Waals surface area (Å²) in [6.45, 7) is 8.19. The van der Waals surface area contributed by atoms with E-state index in [4.69, 9.17) is 4.74 Å². The van der Waals surface area contributed by atoms with Crippen LogP contribution in [0.2, 0.25) is 0 Å². The summed E-state index contributed by atoms with van der Waals surface area (Å²) in [6.07, 6.45) is 0.120. The number of hydrogen-bond acceptors (Lipinski definition) is 3. The minimum absolute atomic E-state index is 0.0123. The van der Waals surface area contributed by atoms with Crippen LogP contribution in [0.1, 0.15) is 55.9 Å². The van der Waals surface area contributed by atoms with Crippen LogP contribution in [0.25, 0.3) is 0 Å². The Morgan fingerprint density at radius 2 is 1.95 bits per heavy atom. The van der Waals surface area contributed by atoms with Gasteiger partial charge in [0.1, 0.15) is 0 Å². The van der Waals surface area contributed by atoms with Gasteiger partial charge in [-0.05, 0) is 25.0 Å². The maximum absolute atomic E-state index is 9.87. The molecular formula is C17H26O3. The predicted molar refractivity (Wildman–Crippen MR) is 79.8 cm³/mol. The molecule has 0 aliphatic carbocycles. The van der Waals surface area contributed by atoms with Crippen molar-refractivity contribution in [2.45, 2.75) is 58.3 Å². The molecule has 112 valence electrons. The van der Waals surface area contributed by atoms with Gasteiger partial charge in [-0.25, -0.2) is 0 Å². The highest BCUT2D eigenvalue weighted by molar-refractivity contribution is 5.38. The molecule has 2 N–H and O–H groups in total. The summed E-state index contributed by atoms with van der Waals surface area (Å²) in [5.74, 6) is 0.325. The number of hydrogen-bond donors (Lipinski definition) is 2. The molecule has 3 nitrogen and oxygen atoms in total. The highest BCUT2D eigenvalue weighted by atomic mass is 16.5. The Hall–Kier alpha value is -0.900. The smallest absolute Gasteiger partial charge is 0.0853 e. The summed E-state index contributed by atoms with van der Waals surface area (Å²) in [4.78, 5) is 0. The third kappa shape index (κ3) is 2.90. The van der Waals surface area contributed by atoms with Gasteiger partial charge in [-0.3, -0.25) is 0 Å². The van der Waals surface area contributed by atoms with Crippen LogP contribution in [-0.4, -0.2) is 29.0 Å². The second-order valence-electron chi connectivity index (χ2n) is 6.12. The SMILES string of the molecule is Cc1ccc2c(c1)[C@H](CCO)O[C@H]([C@H](C)[C@H](C)O)[C@H]2C. The molecule has 0 radical (unpaired) electrons. The summed E-state index contributed by atoms with van der Waals surface area (Å²) < 4.78 is 6.22. The Bertz CT molecular complexity index is 456. The minimum Gasteiger partial charge on any atom is -0.396 e. The maximum atomic E-state index is 9.87. The van der Waals surface area contributed by atoms with E-state index in [1.54, 1.807) is 0 Å². The van der Waals surface area contributed by atoms with E-state index in [9.17, 15) is 10.2 Å². The third-order valence-electron chi connectivity index (χ3n) is 4.56. The first-order valence-corrected chi connectivity index (χ1v) is 7.50. The van der Waals surface area contributed by atoms with Gasteiger partial charge in [0.2, 0.25) is 0 Å². The van der Waals surface area contributed by atoms with Crippen molar-refractivity contribution in [3.05, 3.63) is 34.9 Å². The molecule has 3 heteroatoms. The van der Waals surface area contributed by atoms with Gasteiger partial charge < -0.3 is 14.9 Å². The number of aryl methyl sites for hydroxylation is 1. The molecule has 0 fully saturated rings. The molecule has 0 amide bonds. The Morgan fingerprint density at radius 3 is 2.55 bits per heavy atom. The Balaban J connectivity index is 2.38. The first-order valence-electron chi connectivity index (χ1n) is 7.50. The van der Waals surface area contributed by atoms with E-state index in [-0.39, 0.29) is 30.7 Å². The van der Waals surface area contributed by atoms with Crippen molar-refractivity contribution in [2.24, 2.45) is 5.92 Å². The lowest BCUT2D eigenvalue weighted by Gasteiger charge is -2.40. The first kappa shape index (κ1) is 15.5. The molecule has 1 aliphatic heterocycles. The number of aliphatic hydroxyl groups excluding tert-OH is 2. The van der Waals surface area contributed by atoms with E-state index >= 15 is 0 Å². The van der Waals surface area contributed by atoms with Crippen LogP contribution in [0, 0.1) is 12.8 Å². The van der Waals surface area contributed by atoms with Crippen molar-refractivity contribution >= 4 is 0 Å². The summed E-state index contributed by atoms with van der Waals surface area (Å²) in [7, 11) is 0. The van der Waals surface area contributed by atoms with Crippen LogP contribution in [0.5, 0.6) is 0 Å². The molecule has 1 heterocycles. The molecule has 0 spiro atoms. The number of fused-ring (bicyclic) bond motifs is 1. The minimum atomic E-state index is -0.399. The van der Waals surface area contributed by atoms with Crippen molar-refractivity contribution < 1.29 is 14.9 Å². The fourth-order valence-electron chi connectivity index (χ4n) is 3.14. The highest BCUT2D eigenvalue weighted by Gasteiger charge is 2.37. The van der Waals surface area contributed by atoms with Crippen molar-refractivity contribution in [1.29, 1.82) is 0 Å². The molecule has 20 heavy (non-hydrogen) atoms. The van der Waals surface area contributed by atoms with E-state index in [0.717, 1.165) is 0 Å². The predicted octanol–water partition coefficient (Wildman–Crippen LogP) is 2.94. The van der Waals surface area contributed by atoms with Crippen LogP contribution in [0.3, 0.4) is 0 Å². The quantitative estimate of drug-likeness (QED) is 0.890. The number of aliphatic hydroxyl groups is 2. The second kappa shape index (κ2) is 6.25. The summed E-state index contributed by atoms with van der Waals surface area (Å²) in [5, 5.41) is 19.2. The van der Waals surface area contributed by atoms with E-state index < -0.39 is 6.10 Å². The molecule has 2 rings (SSSR count). The third-order valence-corrected chi connectivity index (χ3v) is 4.56. The molecule has 0 saturated heterocycles. The van der Waals surface area contributed by atoms with Gasteiger partial charge in [0.05, 0.1) is 18.3 Å². The Labute approximate surface area is 121 Å². The Kier molecular flexibility index (Phi) is 4.84. The van der Waals surface area contributed by atoms with Gasteiger partial charge in [-0.15, -0.1) is 0 Å². The Morgan fingerprint density at radius 1 is 1.25 bits per heavy atom. The summed E-state index contributed by atoms with van der Waals surface area (Å²) in [6, 6.07) is 6.46. The fraction of sp³-hybridized carbons (Fsp3) is 0.647. The molecule has 1 aromatic carbocycles. The lowest BCUT2D eigenvalue weighted by Crippen LogP contribution is -2.38. The fourth-order valence-corrected chi connectivity index (χ4v) is 3.14. The lowest BCUT2D eigenvalue weighted by atomic mass is 9.79. The largest absolute Gasteiger partial charge is 0.396 e. The zero-order chi connectivity index (χ0) is 14.9. The summed E-state index contributed by atoms with van der Waals surface area (Å²) >= 11 is 0. The molecule has 5 atom stereocenters. The normalized spacial score (nSPS) is 28.8.